The summed E-state index contributed by atoms with van der Waals surface area (Å²) in [4.78, 5) is 171. The molecule has 5 unspecified atom stereocenters. The zero-order valence-electron chi connectivity index (χ0n) is 74.1. The third kappa shape index (κ3) is 20.4. The molecule has 3 aliphatic carbocycles. The van der Waals surface area contributed by atoms with Gasteiger partial charge in [0, 0.05) is 116 Å². The first kappa shape index (κ1) is 96.1. The summed E-state index contributed by atoms with van der Waals surface area (Å²) in [6, 6.07) is 6.02. The lowest BCUT2D eigenvalue weighted by Gasteiger charge is -2.43. The molecule has 1 aromatic heterocycles. The summed E-state index contributed by atoms with van der Waals surface area (Å²) in [6.45, 7) is 11.7. The number of amides is 5. The summed E-state index contributed by atoms with van der Waals surface area (Å²) in [5.41, 5.74) is 16.1. The lowest BCUT2D eigenvalue weighted by Crippen LogP contribution is -2.58. The highest BCUT2D eigenvalue weighted by molar-refractivity contribution is 6.31. The lowest BCUT2D eigenvalue weighted by molar-refractivity contribution is -0.249. The van der Waals surface area contributed by atoms with Crippen LogP contribution >= 0.6 is 0 Å². The van der Waals surface area contributed by atoms with Crippen LogP contribution in [0, 0.1) is 29.1 Å². The number of allylic oxidation sites excluding steroid dienone is 5. The molecule has 8 bridgehead atoms. The molecule has 1 saturated heterocycles. The molecular formula is C93H115N15O22. The van der Waals surface area contributed by atoms with Crippen molar-refractivity contribution in [3.8, 4) is 17.2 Å². The maximum atomic E-state index is 15.2. The van der Waals surface area contributed by atoms with Gasteiger partial charge in [-0.05, 0) is 136 Å². The average Bonchev–Trinajstić information content (AvgIpc) is 1.04. The van der Waals surface area contributed by atoms with E-state index in [0.717, 1.165) is 61.8 Å². The number of aliphatic hydroxyl groups is 3. The van der Waals surface area contributed by atoms with E-state index in [-0.39, 0.29) is 122 Å². The van der Waals surface area contributed by atoms with Crippen LogP contribution in [0.15, 0.2) is 129 Å². The Bertz CT molecular complexity index is 5450. The number of hydrogen-bond donors (Lipinski definition) is 18. The number of nitrogens with one attached hydrogen (secondary N) is 11. The molecule has 1 fully saturated rings. The van der Waals surface area contributed by atoms with E-state index in [1.807, 2.05) is 45.9 Å². The van der Waals surface area contributed by atoms with E-state index in [2.05, 4.69) is 54.1 Å². The molecule has 8 aliphatic rings. The molecule has 6 heterocycles. The van der Waals surface area contributed by atoms with Crippen LogP contribution in [0.25, 0.3) is 0 Å². The third-order valence-corrected chi connectivity index (χ3v) is 26.1. The van der Waals surface area contributed by atoms with Crippen molar-refractivity contribution in [3.05, 3.63) is 180 Å². The van der Waals surface area contributed by atoms with Gasteiger partial charge in [0.05, 0.1) is 99.3 Å². The number of nitrogens with zero attached hydrogens (tertiary/aromatic N) is 2. The van der Waals surface area contributed by atoms with Gasteiger partial charge in [0.2, 0.25) is 35.3 Å². The summed E-state index contributed by atoms with van der Waals surface area (Å²) < 4.78 is 33.5. The van der Waals surface area contributed by atoms with Crippen LogP contribution in [-0.4, -0.2) is 240 Å². The third-order valence-electron chi connectivity index (χ3n) is 26.1. The first-order chi connectivity index (χ1) is 62.0. The number of unbranched alkanes of at least 4 members (excludes halogenated alkanes) is 1. The van der Waals surface area contributed by atoms with Gasteiger partial charge >= 0.3 is 17.9 Å². The predicted molar refractivity (Wildman–Crippen MR) is 474 cm³/mol. The highest BCUT2D eigenvalue weighted by Crippen LogP contribution is 2.55. The number of hydrogen-bond acceptors (Lipinski definition) is 27. The van der Waals surface area contributed by atoms with Gasteiger partial charge in [-0.25, -0.2) is 4.79 Å². The fourth-order valence-corrected chi connectivity index (χ4v) is 19.1. The number of methoxy groups -OCH3 is 4. The number of aromatic nitrogens is 1. The van der Waals surface area contributed by atoms with E-state index in [1.54, 1.807) is 36.4 Å². The number of esters is 3. The number of ketones is 3. The van der Waals surface area contributed by atoms with Crippen molar-refractivity contribution in [2.45, 2.75) is 216 Å². The van der Waals surface area contributed by atoms with Crippen molar-refractivity contribution in [1.82, 2.24) is 47.5 Å². The lowest BCUT2D eigenvalue weighted by atomic mass is 9.61. The zero-order chi connectivity index (χ0) is 94.1. The molecule has 14 atom stereocenters. The first-order valence-corrected chi connectivity index (χ1v) is 43.4. The molecule has 3 aromatic carbocycles. The van der Waals surface area contributed by atoms with Crippen molar-refractivity contribution in [2.75, 3.05) is 54.7 Å². The molecule has 694 valence electrons. The van der Waals surface area contributed by atoms with Crippen molar-refractivity contribution < 1.29 is 107 Å². The van der Waals surface area contributed by atoms with Crippen LogP contribution in [0.1, 0.15) is 182 Å². The second-order valence-corrected chi connectivity index (χ2v) is 34.1. The Morgan fingerprint density at radius 1 is 0.754 bits per heavy atom. The summed E-state index contributed by atoms with van der Waals surface area (Å²) in [7, 11) is 5.15. The van der Waals surface area contributed by atoms with E-state index in [1.165, 1.54) is 53.6 Å². The van der Waals surface area contributed by atoms with Crippen molar-refractivity contribution in [1.29, 1.82) is 10.8 Å². The standard InChI is InChI=1S/C93H115N15O22/c1-11-49-44(2)59-36-64-55-30-28-53(88(122)127-9)79(89(123)128-10)92(55,6)69(104-64)38-60-45(3)50(22-15-16-27-73(113)126-8)62(103-60)37-63-51(46(4)58(102-63)35-61(49)101-59)29-31-71(111)106-66(34-48-20-13-12-14-21-48)87(121)108-57(25-19-33-99-91(96)97)86(120)107-56(24-18-32-98-90(94)95)85(119)100-42-72(112)105-65-39-74(129-47(5)80(65)114)130-68-41-93(124,70(110)43-109)40-54-76(68)84(118)78-77(82(54)116)81(115)52-23-17-26-67(125-7)75(52)83(78)117/h11-14,17,20-21,23,26,28,30,36,47,56-57,61,63,65-66,68-69,74,79-80,101,103,109,114,116,118,124H,1,15-16,18-19,22,24-25,27,29,31-35,37-43H2,2-10H3,(H,100,119)(H,105,112)(H,106,111)(H,107,120)(H,108,121)(H4,94,95,98)(H4,96,97,99)/b59-36-/t47-,56+,57-,61?,63?,65?,66+,68?,69?,74+,79+,80+,92+,93-/m0/s1. The smallest absolute Gasteiger partial charge is 0.334 e. The minimum Gasteiger partial charge on any atom is -0.507 e. The maximum absolute atomic E-state index is 15.2. The predicted octanol–water partition coefficient (Wildman–Crippen LogP) is 3.15. The van der Waals surface area contributed by atoms with Crippen LogP contribution in [-0.2, 0) is 98.9 Å². The number of Topliss-reactive ketones (excluding diaryl/α,β-unsaturated/α-hetero) is 1. The fraction of sp³-hybridized carbons (Fsp3) is 0.473. The summed E-state index contributed by atoms with van der Waals surface area (Å²) in [5, 5.41) is 96.0. The van der Waals surface area contributed by atoms with Gasteiger partial charge in [-0.15, -0.1) is 0 Å². The minimum absolute atomic E-state index is 0.0157. The van der Waals surface area contributed by atoms with E-state index in [0.29, 0.717) is 43.4 Å². The molecule has 4 aromatic rings. The molecule has 37 heteroatoms. The topological polar surface area (TPSA) is 581 Å². The van der Waals surface area contributed by atoms with Crippen LogP contribution in [0.3, 0.4) is 0 Å². The zero-order valence-corrected chi connectivity index (χ0v) is 74.1. The van der Waals surface area contributed by atoms with Crippen LogP contribution in [0.2, 0.25) is 0 Å². The van der Waals surface area contributed by atoms with Crippen molar-refractivity contribution in [2.24, 2.45) is 32.8 Å². The fourth-order valence-electron chi connectivity index (χ4n) is 19.1. The van der Waals surface area contributed by atoms with Crippen LogP contribution in [0.5, 0.6) is 17.2 Å². The van der Waals surface area contributed by atoms with Crippen LogP contribution < -0.4 is 58.7 Å². The highest BCUT2D eigenvalue weighted by Gasteiger charge is 2.58. The van der Waals surface area contributed by atoms with E-state index in [9.17, 15) is 68.7 Å². The second kappa shape index (κ2) is 41.2. The Morgan fingerprint density at radius 3 is 2.09 bits per heavy atom. The average molecular weight is 1800 g/mol. The van der Waals surface area contributed by atoms with E-state index in [4.69, 9.17) is 60.7 Å². The Labute approximate surface area is 750 Å². The van der Waals surface area contributed by atoms with Gasteiger partial charge in [0.1, 0.15) is 59.6 Å². The number of fused-ring (bicyclic) bond motifs is 12. The number of nitrogens with two attached hydrogens (primary N) is 2. The number of carbonyl (C=O) groups excluding carboxylic acids is 11. The van der Waals surface area contributed by atoms with Crippen molar-refractivity contribution in [3.63, 3.8) is 0 Å². The maximum Gasteiger partial charge on any atom is 0.334 e. The molecule has 130 heavy (non-hydrogen) atoms. The number of benzene rings is 3. The van der Waals surface area contributed by atoms with E-state index >= 15 is 9.59 Å². The SMILES string of the molecule is C=CC1=C(C)/C2=C/C3=NC(Cc4[nH]c(c(CCCCC(=O)OC)c4C)CC4N=C(CC1N2)C(C)=C4CCC(=O)N[C@H](Cc1ccccc1)C(=O)N[C@@H](CCCNC(=N)N)C(=O)N[C@H](CCCNC(=N)N)C(=O)NCC(=O)NC1C[C@@H](OC2C[C@](O)(C(=O)CO)Cc4c(O)c5c(c(O)c42)C(=O)c2c(OC)cccc2C5=O)O[C@@H](C)[C@H]1O)[C@@]1(C)C3=CC=C(C(=O)OC)[C@@H]1C(=O)OC. The summed E-state index contributed by atoms with van der Waals surface area (Å²) in [6.07, 6.45) is 2.36. The number of aromatic hydroxyl groups is 2. The first-order valence-electron chi connectivity index (χ1n) is 43.4. The number of rotatable bonds is 35. The van der Waals surface area contributed by atoms with Gasteiger partial charge in [-0.3, -0.25) is 68.7 Å². The van der Waals surface area contributed by atoms with Gasteiger partial charge in [-0.1, -0.05) is 74.2 Å². The Balaban J connectivity index is 0.767. The van der Waals surface area contributed by atoms with Crippen molar-refractivity contribution >= 4 is 88.1 Å². The summed E-state index contributed by atoms with van der Waals surface area (Å²) >= 11 is 0. The summed E-state index contributed by atoms with van der Waals surface area (Å²) in [5.74, 6) is -12.2. The monoisotopic (exact) mass is 1790 g/mol. The van der Waals surface area contributed by atoms with Gasteiger partial charge in [-0.2, -0.15) is 0 Å². The molecule has 5 aliphatic heterocycles. The highest BCUT2D eigenvalue weighted by atomic mass is 16.7. The number of aliphatic hydroxyl groups excluding tert-OH is 2. The number of carbonyl (C=O) groups is 11. The molecule has 12 rings (SSSR count). The minimum atomic E-state index is -2.50. The Kier molecular flexibility index (Phi) is 30.5. The number of aliphatic imine (C=N–C) groups is 2. The quantitative estimate of drug-likeness (QED) is 0.00692. The van der Waals surface area contributed by atoms with Gasteiger partial charge < -0.3 is 113 Å². The number of ether oxygens (including phenoxy) is 6. The Morgan fingerprint density at radius 2 is 1.44 bits per heavy atom. The molecule has 20 N–H and O–H groups in total. The number of aromatic amines is 1. The normalized spacial score (nSPS) is 23.9. The molecule has 5 amide bonds. The number of phenols is 2. The second-order valence-electron chi connectivity index (χ2n) is 34.1. The number of phenolic OH excluding ortho intramolecular Hbond substituents is 2. The molecule has 0 spiro atoms. The Hall–Kier alpha value is -13.0. The van der Waals surface area contributed by atoms with Gasteiger partial charge in [0.25, 0.3) is 0 Å². The van der Waals surface area contributed by atoms with E-state index < -0.39 is 198 Å². The number of H-pyrrole nitrogens is 1. The molecule has 37 nitrogen and oxygen atoms in total. The molecule has 0 saturated carbocycles. The molecule has 0 radical (unpaired) electrons. The van der Waals surface area contributed by atoms with Crippen LogP contribution in [0.4, 0.5) is 0 Å². The van der Waals surface area contributed by atoms with Gasteiger partial charge in [0.15, 0.2) is 29.8 Å². The number of guanidine groups is 2. The molecular weight excluding hydrogens is 1680 g/mol. The largest absolute Gasteiger partial charge is 0.507 e.